The molecule has 0 bridgehead atoms. The van der Waals surface area contributed by atoms with Crippen molar-refractivity contribution in [2.45, 2.75) is 31.8 Å². The van der Waals surface area contributed by atoms with Gasteiger partial charge in [-0.15, -0.1) is 0 Å². The molecule has 0 saturated heterocycles. The van der Waals surface area contributed by atoms with E-state index in [0.717, 1.165) is 22.6 Å². The van der Waals surface area contributed by atoms with E-state index in [1.54, 1.807) is 6.26 Å². The normalized spacial score (nSPS) is 16.6. The van der Waals surface area contributed by atoms with Gasteiger partial charge in [0.2, 0.25) is 0 Å². The summed E-state index contributed by atoms with van der Waals surface area (Å²) in [6.07, 6.45) is 1.49. The number of hydrogen-bond acceptors (Lipinski definition) is 6. The largest absolute Gasteiger partial charge is 0.467 e. The molecule has 1 aliphatic heterocycles. The van der Waals surface area contributed by atoms with Crippen molar-refractivity contribution in [2.24, 2.45) is 5.16 Å². The van der Waals surface area contributed by atoms with Crippen molar-refractivity contribution in [1.29, 1.82) is 0 Å². The first kappa shape index (κ1) is 23.8. The Balaban J connectivity index is 1.34. The maximum atomic E-state index is 10.6. The summed E-state index contributed by atoms with van der Waals surface area (Å²) >= 11 is 12.2. The highest BCUT2D eigenvalue weighted by molar-refractivity contribution is 6.31. The van der Waals surface area contributed by atoms with Crippen molar-refractivity contribution in [3.63, 3.8) is 0 Å². The summed E-state index contributed by atoms with van der Waals surface area (Å²) < 4.78 is 10.9. The van der Waals surface area contributed by atoms with Crippen molar-refractivity contribution < 1.29 is 19.1 Å². The first-order chi connectivity index (χ1) is 16.0. The van der Waals surface area contributed by atoms with Gasteiger partial charge in [-0.3, -0.25) is 4.90 Å². The number of halogens is 2. The highest BCUT2D eigenvalue weighted by Crippen LogP contribution is 2.21. The van der Waals surface area contributed by atoms with Crippen LogP contribution in [-0.2, 0) is 22.7 Å². The number of rotatable bonds is 11. The summed E-state index contributed by atoms with van der Waals surface area (Å²) in [4.78, 5) is 7.85. The predicted molar refractivity (Wildman–Crippen MR) is 129 cm³/mol. The molecule has 0 radical (unpaired) electrons. The molecule has 33 heavy (non-hydrogen) atoms. The Morgan fingerprint density at radius 1 is 1.09 bits per heavy atom. The third kappa shape index (κ3) is 7.32. The van der Waals surface area contributed by atoms with Crippen LogP contribution < -0.4 is 0 Å². The second-order valence-corrected chi connectivity index (χ2v) is 8.92. The van der Waals surface area contributed by atoms with Crippen LogP contribution in [0.4, 0.5) is 0 Å². The lowest BCUT2D eigenvalue weighted by molar-refractivity contribution is -0.00955. The van der Waals surface area contributed by atoms with Crippen molar-refractivity contribution in [3.05, 3.63) is 93.9 Å². The molecular formula is C25H26Cl2N2O4. The zero-order valence-corrected chi connectivity index (χ0v) is 19.6. The molecule has 3 aromatic rings. The highest BCUT2D eigenvalue weighted by atomic mass is 35.5. The van der Waals surface area contributed by atoms with Crippen LogP contribution in [0.2, 0.25) is 10.0 Å². The molecule has 0 amide bonds. The first-order valence-electron chi connectivity index (χ1n) is 10.8. The maximum Gasteiger partial charge on any atom is 0.145 e. The van der Waals surface area contributed by atoms with Crippen LogP contribution in [0.25, 0.3) is 0 Å². The minimum Gasteiger partial charge on any atom is -0.467 e. The third-order valence-electron chi connectivity index (χ3n) is 5.27. The molecule has 0 unspecified atom stereocenters. The van der Waals surface area contributed by atoms with Gasteiger partial charge in [-0.25, -0.2) is 0 Å². The second kappa shape index (κ2) is 11.7. The molecule has 2 atom stereocenters. The summed E-state index contributed by atoms with van der Waals surface area (Å²) in [7, 11) is 0. The Hall–Kier alpha value is -2.35. The van der Waals surface area contributed by atoms with Gasteiger partial charge in [-0.1, -0.05) is 52.6 Å². The molecule has 1 aromatic heterocycles. The molecule has 0 saturated carbocycles. The number of benzene rings is 2. The number of oxime groups is 1. The molecule has 6 nitrogen and oxygen atoms in total. The van der Waals surface area contributed by atoms with E-state index in [2.05, 4.69) is 10.1 Å². The van der Waals surface area contributed by atoms with Gasteiger partial charge in [0.15, 0.2) is 0 Å². The van der Waals surface area contributed by atoms with Crippen molar-refractivity contribution in [3.8, 4) is 0 Å². The molecular weight excluding hydrogens is 463 g/mol. The fourth-order valence-electron chi connectivity index (χ4n) is 3.77. The van der Waals surface area contributed by atoms with E-state index >= 15 is 0 Å². The lowest BCUT2D eigenvalue weighted by Crippen LogP contribution is -2.39. The Labute approximate surface area is 203 Å². The van der Waals surface area contributed by atoms with Crippen molar-refractivity contribution in [1.82, 2.24) is 4.90 Å². The minimum absolute atomic E-state index is 0.119. The Morgan fingerprint density at radius 3 is 2.70 bits per heavy atom. The fraction of sp³-hybridized carbons (Fsp3) is 0.320. The summed E-state index contributed by atoms with van der Waals surface area (Å²) in [5.74, 6) is 0.726. The van der Waals surface area contributed by atoms with Crippen LogP contribution in [0, 0.1) is 0 Å². The number of ether oxygens (including phenoxy) is 1. The summed E-state index contributed by atoms with van der Waals surface area (Å²) in [6.45, 7) is 2.16. The molecule has 1 aliphatic rings. The zero-order valence-electron chi connectivity index (χ0n) is 18.1. The average molecular weight is 489 g/mol. The average Bonchev–Trinajstić information content (AvgIpc) is 3.47. The monoisotopic (exact) mass is 488 g/mol. The van der Waals surface area contributed by atoms with E-state index in [-0.39, 0.29) is 12.7 Å². The van der Waals surface area contributed by atoms with Crippen LogP contribution in [0.15, 0.2) is 76.5 Å². The van der Waals surface area contributed by atoms with Crippen LogP contribution in [0.1, 0.15) is 23.3 Å². The van der Waals surface area contributed by atoms with E-state index in [9.17, 15) is 5.11 Å². The van der Waals surface area contributed by atoms with Crippen molar-refractivity contribution in [2.75, 3.05) is 19.7 Å². The molecule has 0 spiro atoms. The van der Waals surface area contributed by atoms with E-state index in [4.69, 9.17) is 37.2 Å². The summed E-state index contributed by atoms with van der Waals surface area (Å²) in [6, 6.07) is 18.9. The SMILES string of the molecule is O[C@H](COCc1ccco1)CN(Cc1cccc(Cl)c1)C[C@H]1CC(c2ccc(Cl)cc2)=NO1. The van der Waals surface area contributed by atoms with Gasteiger partial charge in [-0.05, 0) is 47.5 Å². The zero-order chi connectivity index (χ0) is 23.0. The Morgan fingerprint density at radius 2 is 1.94 bits per heavy atom. The standard InChI is InChI=1S/C25H26Cl2N2O4/c26-20-8-6-19(7-9-20)25-12-24(33-28-25)15-29(13-18-3-1-4-21(27)11-18)14-22(30)16-31-17-23-5-2-10-32-23/h1-11,22,24,30H,12-17H2/t22-,24+/m0/s1. The number of hydrogen-bond donors (Lipinski definition) is 1. The van der Waals surface area contributed by atoms with Crippen molar-refractivity contribution >= 4 is 28.9 Å². The maximum absolute atomic E-state index is 10.6. The number of nitrogens with zero attached hydrogens (tertiary/aromatic N) is 2. The molecule has 2 heterocycles. The molecule has 1 N–H and O–H groups in total. The first-order valence-corrected chi connectivity index (χ1v) is 11.5. The van der Waals surface area contributed by atoms with Gasteiger partial charge in [0, 0.05) is 36.1 Å². The molecule has 0 aliphatic carbocycles. The number of furan rings is 1. The quantitative estimate of drug-likeness (QED) is 0.403. The van der Waals surface area contributed by atoms with Crippen LogP contribution in [0.3, 0.4) is 0 Å². The van der Waals surface area contributed by atoms with Gasteiger partial charge in [0.25, 0.3) is 0 Å². The lowest BCUT2D eigenvalue weighted by Gasteiger charge is -2.27. The molecule has 174 valence electrons. The van der Waals surface area contributed by atoms with Gasteiger partial charge in [0.1, 0.15) is 18.5 Å². The van der Waals surface area contributed by atoms with Gasteiger partial charge < -0.3 is 19.1 Å². The van der Waals surface area contributed by atoms with Crippen LogP contribution >= 0.6 is 23.2 Å². The van der Waals surface area contributed by atoms with E-state index < -0.39 is 6.10 Å². The fourth-order valence-corrected chi connectivity index (χ4v) is 4.10. The highest BCUT2D eigenvalue weighted by Gasteiger charge is 2.26. The Kier molecular flexibility index (Phi) is 8.42. The molecule has 4 rings (SSSR count). The minimum atomic E-state index is -0.669. The van der Waals surface area contributed by atoms with Crippen LogP contribution in [-0.4, -0.2) is 47.6 Å². The van der Waals surface area contributed by atoms with Gasteiger partial charge >= 0.3 is 0 Å². The number of aliphatic hydroxyl groups is 1. The van der Waals surface area contributed by atoms with E-state index in [0.29, 0.717) is 42.7 Å². The summed E-state index contributed by atoms with van der Waals surface area (Å²) in [5.41, 5.74) is 2.94. The lowest BCUT2D eigenvalue weighted by atomic mass is 10.0. The predicted octanol–water partition coefficient (Wildman–Crippen LogP) is 5.16. The molecule has 2 aromatic carbocycles. The smallest absolute Gasteiger partial charge is 0.145 e. The topological polar surface area (TPSA) is 67.4 Å². The van der Waals surface area contributed by atoms with Crippen LogP contribution in [0.5, 0.6) is 0 Å². The van der Waals surface area contributed by atoms with Gasteiger partial charge in [-0.2, -0.15) is 0 Å². The Bertz CT molecular complexity index is 1040. The molecule has 8 heteroatoms. The van der Waals surface area contributed by atoms with E-state index in [1.165, 1.54) is 0 Å². The summed E-state index contributed by atoms with van der Waals surface area (Å²) in [5, 5.41) is 16.2. The third-order valence-corrected chi connectivity index (χ3v) is 5.76. The second-order valence-electron chi connectivity index (χ2n) is 8.05. The van der Waals surface area contributed by atoms with E-state index in [1.807, 2.05) is 60.7 Å². The van der Waals surface area contributed by atoms with Gasteiger partial charge in [0.05, 0.1) is 24.7 Å². The number of aliphatic hydroxyl groups excluding tert-OH is 1. The molecule has 0 fully saturated rings.